The highest BCUT2D eigenvalue weighted by molar-refractivity contribution is 7.16. The lowest BCUT2D eigenvalue weighted by molar-refractivity contribution is -0.120. The number of aromatic nitrogens is 2. The van der Waals surface area contributed by atoms with Gasteiger partial charge in [0.15, 0.2) is 0 Å². The number of anilines is 1. The molecule has 0 N–H and O–H groups in total. The summed E-state index contributed by atoms with van der Waals surface area (Å²) in [7, 11) is 2.07. The molecule has 0 spiro atoms. The zero-order valence-corrected chi connectivity index (χ0v) is 11.1. The molecule has 94 valence electrons. The molecular weight excluding hydrogens is 246 g/mol. The maximum atomic E-state index is 11.3. The molecule has 0 radical (unpaired) electrons. The third-order valence-electron chi connectivity index (χ3n) is 3.64. The van der Waals surface area contributed by atoms with E-state index in [4.69, 9.17) is 0 Å². The molecular formula is C13H15N3OS. The zero-order valence-electron chi connectivity index (χ0n) is 10.3. The summed E-state index contributed by atoms with van der Waals surface area (Å²) in [6, 6.07) is 2.49. The maximum Gasteiger partial charge on any atom is 0.140 e. The number of hydrogen-bond donors (Lipinski definition) is 0. The number of carbonyl (C=O) groups is 1. The summed E-state index contributed by atoms with van der Waals surface area (Å²) < 4.78 is 0. The highest BCUT2D eigenvalue weighted by atomic mass is 32.1. The normalized spacial score (nSPS) is 17.3. The first-order valence-electron chi connectivity index (χ1n) is 6.18. The number of nitrogens with zero attached hydrogens (tertiary/aromatic N) is 3. The Labute approximate surface area is 110 Å². The van der Waals surface area contributed by atoms with Gasteiger partial charge in [-0.25, -0.2) is 9.97 Å². The third kappa shape index (κ3) is 1.99. The fourth-order valence-corrected chi connectivity index (χ4v) is 3.27. The van der Waals surface area contributed by atoms with Gasteiger partial charge in [-0.1, -0.05) is 0 Å². The summed E-state index contributed by atoms with van der Waals surface area (Å²) >= 11 is 1.63. The molecule has 2 aromatic heterocycles. The van der Waals surface area contributed by atoms with Crippen molar-refractivity contribution in [1.29, 1.82) is 0 Å². The van der Waals surface area contributed by atoms with Crippen LogP contribution in [0.3, 0.4) is 0 Å². The minimum absolute atomic E-state index is 0.392. The monoisotopic (exact) mass is 261 g/mol. The van der Waals surface area contributed by atoms with E-state index in [0.717, 1.165) is 28.9 Å². The summed E-state index contributed by atoms with van der Waals surface area (Å²) in [6.07, 6.45) is 4.90. The highest BCUT2D eigenvalue weighted by Gasteiger charge is 2.24. The molecule has 4 nitrogen and oxygen atoms in total. The van der Waals surface area contributed by atoms with Crippen molar-refractivity contribution in [2.24, 2.45) is 0 Å². The molecule has 2 aromatic rings. The predicted octanol–water partition coefficient (Wildman–Crippen LogP) is 2.64. The highest BCUT2D eigenvalue weighted by Crippen LogP contribution is 2.30. The first-order chi connectivity index (χ1) is 8.75. The fourth-order valence-electron chi connectivity index (χ4n) is 2.54. The van der Waals surface area contributed by atoms with Crippen molar-refractivity contribution in [3.05, 3.63) is 17.8 Å². The lowest BCUT2D eigenvalue weighted by atomic mass is 9.93. The van der Waals surface area contributed by atoms with Crippen molar-refractivity contribution in [2.75, 3.05) is 11.9 Å². The van der Waals surface area contributed by atoms with Crippen LogP contribution in [0.25, 0.3) is 10.2 Å². The van der Waals surface area contributed by atoms with Gasteiger partial charge >= 0.3 is 0 Å². The van der Waals surface area contributed by atoms with Gasteiger partial charge in [0.05, 0.1) is 5.39 Å². The van der Waals surface area contributed by atoms with Gasteiger partial charge in [0.2, 0.25) is 0 Å². The van der Waals surface area contributed by atoms with Crippen LogP contribution in [0.2, 0.25) is 0 Å². The molecule has 0 bridgehead atoms. The molecule has 2 heterocycles. The van der Waals surface area contributed by atoms with Gasteiger partial charge in [-0.3, -0.25) is 4.79 Å². The molecule has 0 saturated heterocycles. The van der Waals surface area contributed by atoms with Gasteiger partial charge in [-0.15, -0.1) is 11.3 Å². The van der Waals surface area contributed by atoms with Gasteiger partial charge in [0.1, 0.15) is 22.8 Å². The molecule has 18 heavy (non-hydrogen) atoms. The van der Waals surface area contributed by atoms with Crippen LogP contribution in [0, 0.1) is 0 Å². The molecule has 1 aliphatic rings. The molecule has 0 atom stereocenters. The van der Waals surface area contributed by atoms with E-state index in [9.17, 15) is 4.79 Å². The van der Waals surface area contributed by atoms with E-state index < -0.39 is 0 Å². The lowest BCUT2D eigenvalue weighted by Crippen LogP contribution is -2.35. The molecule has 0 aromatic carbocycles. The van der Waals surface area contributed by atoms with Crippen molar-refractivity contribution in [2.45, 2.75) is 31.7 Å². The maximum absolute atomic E-state index is 11.3. The minimum atomic E-state index is 0.392. The Bertz CT molecular complexity index is 570. The minimum Gasteiger partial charge on any atom is -0.356 e. The molecule has 0 aliphatic heterocycles. The van der Waals surface area contributed by atoms with Gasteiger partial charge < -0.3 is 4.90 Å². The Balaban J connectivity index is 1.89. The first kappa shape index (κ1) is 11.6. The van der Waals surface area contributed by atoms with E-state index in [0.29, 0.717) is 24.7 Å². The number of hydrogen-bond acceptors (Lipinski definition) is 5. The van der Waals surface area contributed by atoms with Gasteiger partial charge in [0, 0.05) is 25.9 Å². The Morgan fingerprint density at radius 2 is 2.11 bits per heavy atom. The van der Waals surface area contributed by atoms with E-state index in [1.807, 2.05) is 5.38 Å². The summed E-state index contributed by atoms with van der Waals surface area (Å²) in [5.41, 5.74) is 0. The summed E-state index contributed by atoms with van der Waals surface area (Å²) in [5.74, 6) is 1.38. The average Bonchev–Trinajstić information content (AvgIpc) is 2.87. The van der Waals surface area contributed by atoms with Crippen molar-refractivity contribution in [3.8, 4) is 0 Å². The second-order valence-electron chi connectivity index (χ2n) is 4.72. The topological polar surface area (TPSA) is 46.1 Å². The van der Waals surface area contributed by atoms with E-state index >= 15 is 0 Å². The molecule has 1 aliphatic carbocycles. The van der Waals surface area contributed by atoms with Gasteiger partial charge in [-0.2, -0.15) is 0 Å². The quantitative estimate of drug-likeness (QED) is 0.833. The lowest BCUT2D eigenvalue weighted by Gasteiger charge is -2.31. The molecule has 3 rings (SSSR count). The molecule has 1 fully saturated rings. The Hall–Kier alpha value is -1.49. The van der Waals surface area contributed by atoms with Gasteiger partial charge in [0.25, 0.3) is 0 Å². The van der Waals surface area contributed by atoms with E-state index in [1.54, 1.807) is 17.7 Å². The third-order valence-corrected chi connectivity index (χ3v) is 4.46. The number of thiophene rings is 1. The average molecular weight is 261 g/mol. The smallest absolute Gasteiger partial charge is 0.140 e. The molecule has 1 saturated carbocycles. The van der Waals surface area contributed by atoms with Crippen LogP contribution in [0.4, 0.5) is 5.82 Å². The van der Waals surface area contributed by atoms with E-state index in [-0.39, 0.29) is 0 Å². The number of rotatable bonds is 2. The van der Waals surface area contributed by atoms with Crippen LogP contribution < -0.4 is 4.90 Å². The summed E-state index contributed by atoms with van der Waals surface area (Å²) in [4.78, 5) is 23.2. The summed E-state index contributed by atoms with van der Waals surface area (Å²) in [6.45, 7) is 0. The standard InChI is InChI=1S/C13H15N3OS/c1-16(9-2-4-10(17)5-3-9)12-11-6-7-18-13(11)15-8-14-12/h6-9H,2-5H2,1H3. The van der Waals surface area contributed by atoms with Crippen LogP contribution in [0.5, 0.6) is 0 Å². The van der Waals surface area contributed by atoms with Crippen LogP contribution in [-0.2, 0) is 4.79 Å². The second-order valence-corrected chi connectivity index (χ2v) is 5.61. The van der Waals surface area contributed by atoms with Crippen molar-refractivity contribution in [1.82, 2.24) is 9.97 Å². The fraction of sp³-hybridized carbons (Fsp3) is 0.462. The van der Waals surface area contributed by atoms with Crippen molar-refractivity contribution in [3.63, 3.8) is 0 Å². The predicted molar refractivity (Wildman–Crippen MR) is 73.1 cm³/mol. The Morgan fingerprint density at radius 3 is 2.89 bits per heavy atom. The largest absolute Gasteiger partial charge is 0.356 e. The zero-order chi connectivity index (χ0) is 12.5. The van der Waals surface area contributed by atoms with Crippen LogP contribution in [-0.4, -0.2) is 28.8 Å². The molecule has 0 amide bonds. The van der Waals surface area contributed by atoms with Crippen LogP contribution in [0.15, 0.2) is 17.8 Å². The Kier molecular flexibility index (Phi) is 2.99. The molecule has 0 unspecified atom stereocenters. The number of carbonyl (C=O) groups excluding carboxylic acids is 1. The van der Waals surface area contributed by atoms with Crippen LogP contribution in [0.1, 0.15) is 25.7 Å². The number of ketones is 1. The first-order valence-corrected chi connectivity index (χ1v) is 7.06. The van der Waals surface area contributed by atoms with Crippen LogP contribution >= 0.6 is 11.3 Å². The van der Waals surface area contributed by atoms with E-state index in [2.05, 4.69) is 28.0 Å². The number of fused-ring (bicyclic) bond motifs is 1. The summed E-state index contributed by atoms with van der Waals surface area (Å²) in [5, 5.41) is 3.16. The second kappa shape index (κ2) is 4.65. The number of Topliss-reactive ketones (excluding diaryl/α,β-unsaturated/α-hetero) is 1. The van der Waals surface area contributed by atoms with Gasteiger partial charge in [-0.05, 0) is 24.3 Å². The van der Waals surface area contributed by atoms with E-state index in [1.165, 1.54) is 0 Å². The SMILES string of the molecule is CN(c1ncnc2sccc12)C1CCC(=O)CC1. The van der Waals surface area contributed by atoms with Crippen molar-refractivity contribution < 1.29 is 4.79 Å². The Morgan fingerprint density at radius 1 is 1.33 bits per heavy atom. The van der Waals surface area contributed by atoms with Crippen molar-refractivity contribution >= 4 is 33.2 Å². The molecule has 5 heteroatoms.